The lowest BCUT2D eigenvalue weighted by Crippen LogP contribution is -2.18. The summed E-state index contributed by atoms with van der Waals surface area (Å²) in [5.41, 5.74) is 1.01. The third-order valence-corrected chi connectivity index (χ3v) is 3.47. The van der Waals surface area contributed by atoms with Crippen LogP contribution >= 0.6 is 0 Å². The van der Waals surface area contributed by atoms with Crippen LogP contribution in [0.25, 0.3) is 6.08 Å². The molecule has 23 heavy (non-hydrogen) atoms. The predicted octanol–water partition coefficient (Wildman–Crippen LogP) is 2.63. The second-order valence-corrected chi connectivity index (χ2v) is 5.50. The molecule has 0 saturated heterocycles. The highest BCUT2D eigenvalue weighted by molar-refractivity contribution is 5.82. The second kappa shape index (κ2) is 9.08. The summed E-state index contributed by atoms with van der Waals surface area (Å²) in [6.07, 6.45) is 9.98. The summed E-state index contributed by atoms with van der Waals surface area (Å²) >= 11 is 0. The average molecular weight is 314 g/mol. The molecule has 4 heteroatoms. The molecule has 2 rings (SSSR count). The molecule has 0 aliphatic carbocycles. The smallest absolute Gasteiger partial charge is 0.331 e. The summed E-state index contributed by atoms with van der Waals surface area (Å²) < 4.78 is 5.08. The maximum Gasteiger partial charge on any atom is 0.331 e. The van der Waals surface area contributed by atoms with Crippen molar-refractivity contribution in [2.45, 2.75) is 37.6 Å². The third-order valence-electron chi connectivity index (χ3n) is 3.47. The average Bonchev–Trinajstić information content (AvgIpc) is 2.54. The van der Waals surface area contributed by atoms with Crippen molar-refractivity contribution in [1.29, 1.82) is 0 Å². The Morgan fingerprint density at radius 2 is 2.04 bits per heavy atom. The van der Waals surface area contributed by atoms with Gasteiger partial charge in [0.05, 0.1) is 12.2 Å². The highest BCUT2D eigenvalue weighted by atomic mass is 16.5. The first-order valence-corrected chi connectivity index (χ1v) is 7.76. The van der Waals surface area contributed by atoms with Gasteiger partial charge in [-0.3, -0.25) is 0 Å². The van der Waals surface area contributed by atoms with Crippen LogP contribution < -0.4 is 0 Å². The van der Waals surface area contributed by atoms with E-state index < -0.39 is 12.2 Å². The zero-order valence-corrected chi connectivity index (χ0v) is 12.9. The minimum absolute atomic E-state index is 0.261. The van der Waals surface area contributed by atoms with Crippen LogP contribution in [-0.2, 0) is 9.53 Å². The number of hydrogen-bond acceptors (Lipinski definition) is 4. The molecule has 0 amide bonds. The Balaban J connectivity index is 1.71. The SMILES string of the molecule is O=C1C=CC[C@H](/C=C/C[C@@H](O)C[C@@H](O)/C=C/c2ccccc2)O1. The van der Waals surface area contributed by atoms with Crippen LogP contribution in [0.1, 0.15) is 24.8 Å². The van der Waals surface area contributed by atoms with Gasteiger partial charge in [-0.2, -0.15) is 0 Å². The molecular weight excluding hydrogens is 292 g/mol. The lowest BCUT2D eigenvalue weighted by Gasteiger charge is -2.15. The quantitative estimate of drug-likeness (QED) is 0.600. The molecular formula is C19H22O4. The molecule has 0 aromatic heterocycles. The van der Waals surface area contributed by atoms with Crippen LogP contribution in [-0.4, -0.2) is 34.5 Å². The fraction of sp³-hybridized carbons (Fsp3) is 0.316. The van der Waals surface area contributed by atoms with Crippen molar-refractivity contribution < 1.29 is 19.7 Å². The first kappa shape index (κ1) is 17.2. The highest BCUT2D eigenvalue weighted by Gasteiger charge is 2.13. The molecule has 0 spiro atoms. The molecule has 4 nitrogen and oxygen atoms in total. The minimum atomic E-state index is -0.700. The van der Waals surface area contributed by atoms with Crippen molar-refractivity contribution in [3.05, 3.63) is 66.3 Å². The van der Waals surface area contributed by atoms with Gasteiger partial charge in [-0.15, -0.1) is 0 Å². The van der Waals surface area contributed by atoms with Crippen LogP contribution in [0.2, 0.25) is 0 Å². The summed E-state index contributed by atoms with van der Waals surface area (Å²) in [7, 11) is 0. The van der Waals surface area contributed by atoms with E-state index in [1.54, 1.807) is 24.3 Å². The largest absolute Gasteiger partial charge is 0.455 e. The van der Waals surface area contributed by atoms with Crippen LogP contribution in [0.4, 0.5) is 0 Å². The maximum atomic E-state index is 11.1. The number of ether oxygens (including phenoxy) is 1. The van der Waals surface area contributed by atoms with Crippen molar-refractivity contribution in [3.63, 3.8) is 0 Å². The molecule has 1 aliphatic rings. The highest BCUT2D eigenvalue weighted by Crippen LogP contribution is 2.11. The van der Waals surface area contributed by atoms with Crippen molar-refractivity contribution in [2.24, 2.45) is 0 Å². The molecule has 2 N–H and O–H groups in total. The van der Waals surface area contributed by atoms with E-state index in [1.807, 2.05) is 36.4 Å². The fourth-order valence-electron chi connectivity index (χ4n) is 2.28. The van der Waals surface area contributed by atoms with Gasteiger partial charge >= 0.3 is 5.97 Å². The molecule has 1 aromatic carbocycles. The van der Waals surface area contributed by atoms with Crippen molar-refractivity contribution in [3.8, 4) is 0 Å². The van der Waals surface area contributed by atoms with Gasteiger partial charge in [0, 0.05) is 18.9 Å². The Labute approximate surface area is 136 Å². The van der Waals surface area contributed by atoms with E-state index in [-0.39, 0.29) is 18.5 Å². The van der Waals surface area contributed by atoms with Gasteiger partial charge in [-0.05, 0) is 18.1 Å². The zero-order chi connectivity index (χ0) is 16.5. The van der Waals surface area contributed by atoms with Crippen LogP contribution in [0.15, 0.2) is 60.7 Å². The standard InChI is InChI=1S/C19H22O4/c20-16(8-4-9-18-10-5-11-19(22)23-18)14-17(21)13-12-15-6-2-1-3-7-15/h1-7,9,11-13,16-18,20-21H,8,10,14H2/b9-4+,13-12+/t16-,17+,18+/m1/s1. The fourth-order valence-corrected chi connectivity index (χ4v) is 2.28. The first-order chi connectivity index (χ1) is 11.1. The Morgan fingerprint density at radius 1 is 1.26 bits per heavy atom. The molecule has 0 saturated carbocycles. The van der Waals surface area contributed by atoms with Gasteiger partial charge in [-0.1, -0.05) is 54.6 Å². The van der Waals surface area contributed by atoms with Crippen LogP contribution in [0, 0.1) is 0 Å². The Bertz CT molecular complexity index is 574. The van der Waals surface area contributed by atoms with Gasteiger partial charge in [-0.25, -0.2) is 4.79 Å². The Kier molecular flexibility index (Phi) is 6.78. The van der Waals surface area contributed by atoms with Gasteiger partial charge < -0.3 is 14.9 Å². The summed E-state index contributed by atoms with van der Waals surface area (Å²) in [4.78, 5) is 11.1. The molecule has 3 atom stereocenters. The normalized spacial score (nSPS) is 20.8. The lowest BCUT2D eigenvalue weighted by molar-refractivity contribution is -0.141. The van der Waals surface area contributed by atoms with Crippen molar-refractivity contribution in [1.82, 2.24) is 0 Å². The van der Waals surface area contributed by atoms with E-state index in [2.05, 4.69) is 0 Å². The number of aliphatic hydroxyl groups is 2. The number of hydrogen-bond donors (Lipinski definition) is 2. The first-order valence-electron chi connectivity index (χ1n) is 7.76. The van der Waals surface area contributed by atoms with E-state index in [0.29, 0.717) is 12.8 Å². The van der Waals surface area contributed by atoms with Crippen LogP contribution in [0.3, 0.4) is 0 Å². The van der Waals surface area contributed by atoms with Crippen molar-refractivity contribution >= 4 is 12.0 Å². The predicted molar refractivity (Wildman–Crippen MR) is 89.5 cm³/mol. The Morgan fingerprint density at radius 3 is 2.78 bits per heavy atom. The Hall–Kier alpha value is -2.17. The summed E-state index contributed by atoms with van der Waals surface area (Å²) in [5.74, 6) is -0.340. The van der Waals surface area contributed by atoms with Crippen molar-refractivity contribution in [2.75, 3.05) is 0 Å². The third kappa shape index (κ3) is 6.63. The zero-order valence-electron chi connectivity index (χ0n) is 12.9. The summed E-state index contributed by atoms with van der Waals surface area (Å²) in [5, 5.41) is 19.8. The number of aliphatic hydroxyl groups excluding tert-OH is 2. The monoisotopic (exact) mass is 314 g/mol. The summed E-state index contributed by atoms with van der Waals surface area (Å²) in [6.45, 7) is 0. The molecule has 0 radical (unpaired) electrons. The molecule has 0 bridgehead atoms. The van der Waals surface area contributed by atoms with E-state index in [9.17, 15) is 15.0 Å². The topological polar surface area (TPSA) is 66.8 Å². The number of rotatable bonds is 7. The maximum absolute atomic E-state index is 11.1. The summed E-state index contributed by atoms with van der Waals surface area (Å²) in [6, 6.07) is 9.69. The number of carbonyl (C=O) groups is 1. The molecule has 0 fully saturated rings. The number of cyclic esters (lactones) is 1. The second-order valence-electron chi connectivity index (χ2n) is 5.50. The van der Waals surface area contributed by atoms with Gasteiger partial charge in [0.1, 0.15) is 6.10 Å². The lowest BCUT2D eigenvalue weighted by atomic mass is 10.1. The van der Waals surface area contributed by atoms with Crippen LogP contribution in [0.5, 0.6) is 0 Å². The molecule has 0 unspecified atom stereocenters. The van der Waals surface area contributed by atoms with E-state index in [1.165, 1.54) is 6.08 Å². The van der Waals surface area contributed by atoms with E-state index in [4.69, 9.17) is 4.74 Å². The molecule has 122 valence electrons. The number of carbonyl (C=O) groups excluding carboxylic acids is 1. The number of benzene rings is 1. The molecule has 1 aromatic rings. The van der Waals surface area contributed by atoms with Gasteiger partial charge in [0.25, 0.3) is 0 Å². The molecule has 1 heterocycles. The van der Waals surface area contributed by atoms with Gasteiger partial charge in [0.2, 0.25) is 0 Å². The van der Waals surface area contributed by atoms with Gasteiger partial charge in [0.15, 0.2) is 0 Å². The van der Waals surface area contributed by atoms with E-state index >= 15 is 0 Å². The van der Waals surface area contributed by atoms with E-state index in [0.717, 1.165) is 5.56 Å². The molecule has 1 aliphatic heterocycles. The number of esters is 1. The minimum Gasteiger partial charge on any atom is -0.455 e.